The largest absolute Gasteiger partial charge is 0.122 e. The Hall–Kier alpha value is 1.10. The van der Waals surface area contributed by atoms with E-state index < -0.39 is 0 Å². The van der Waals surface area contributed by atoms with E-state index in [9.17, 15) is 0 Å². The van der Waals surface area contributed by atoms with Crippen LogP contribution in [0.5, 0.6) is 0 Å². The third-order valence-corrected chi connectivity index (χ3v) is 12.7. The van der Waals surface area contributed by atoms with Gasteiger partial charge in [-0.1, -0.05) is 15.0 Å². The Bertz CT molecular complexity index is 406. The van der Waals surface area contributed by atoms with E-state index in [4.69, 9.17) is 0 Å². The van der Waals surface area contributed by atoms with Crippen LogP contribution >= 0.6 is 53.7 Å². The van der Waals surface area contributed by atoms with E-state index >= 15 is 0 Å². The van der Waals surface area contributed by atoms with Crippen molar-refractivity contribution < 1.29 is 0 Å². The van der Waals surface area contributed by atoms with Gasteiger partial charge >= 0.3 is 0 Å². The zero-order chi connectivity index (χ0) is 11.8. The minimum Gasteiger partial charge on any atom is -0.122 e. The van der Waals surface area contributed by atoms with E-state index in [0.29, 0.717) is 8.55 Å². The first-order chi connectivity index (χ1) is 8.35. The summed E-state index contributed by atoms with van der Waals surface area (Å²) in [5.41, 5.74) is 3.44. The minimum atomic E-state index is 0.405. The van der Waals surface area contributed by atoms with Gasteiger partial charge in [0.15, 0.2) is 0 Å². The smallest absolute Gasteiger partial charge is 0.0555 e. The number of rotatable bonds is 2. The highest BCUT2D eigenvalue weighted by atomic mass is 33.5. The molecule has 1 saturated carbocycles. The van der Waals surface area contributed by atoms with Gasteiger partial charge in [0, 0.05) is 4.86 Å². The van der Waals surface area contributed by atoms with Crippen molar-refractivity contribution in [2.45, 2.75) is 32.1 Å². The molecule has 0 aromatic rings. The Kier molecular flexibility index (Phi) is 4.33. The van der Waals surface area contributed by atoms with Crippen LogP contribution < -0.4 is 0 Å². The van der Waals surface area contributed by atoms with Gasteiger partial charge in [0.25, 0.3) is 0 Å². The van der Waals surface area contributed by atoms with Gasteiger partial charge in [-0.25, -0.2) is 0 Å². The fraction of sp³-hybridized carbons (Fsp3) is 0.583. The van der Waals surface area contributed by atoms with Gasteiger partial charge in [-0.05, 0) is 70.9 Å². The summed E-state index contributed by atoms with van der Waals surface area (Å²) in [5.74, 6) is 0. The molecule has 1 aliphatic carbocycles. The molecule has 3 rings (SSSR count). The molecule has 2 heterocycles. The Morgan fingerprint density at radius 3 is 1.88 bits per heavy atom. The monoisotopic (exact) mass is 320 g/mol. The summed E-state index contributed by atoms with van der Waals surface area (Å²) in [6.07, 6.45) is 11.3. The van der Waals surface area contributed by atoms with Crippen molar-refractivity contribution in [1.29, 1.82) is 0 Å². The van der Waals surface area contributed by atoms with Gasteiger partial charge in [0.2, 0.25) is 0 Å². The zero-order valence-corrected chi connectivity index (χ0v) is 14.2. The first kappa shape index (κ1) is 13.1. The van der Waals surface area contributed by atoms with E-state index in [1.807, 2.05) is 23.5 Å². The van der Waals surface area contributed by atoms with Gasteiger partial charge in [-0.15, -0.1) is 23.5 Å². The summed E-state index contributed by atoms with van der Waals surface area (Å²) < 4.78 is 3.24. The number of hydrogen-bond donors (Lipinski definition) is 0. The Balaban J connectivity index is 2.04. The van der Waals surface area contributed by atoms with Crippen molar-refractivity contribution in [3.05, 3.63) is 19.6 Å². The third kappa shape index (κ3) is 2.31. The molecule has 0 aromatic carbocycles. The summed E-state index contributed by atoms with van der Waals surface area (Å²) >= 11 is 3.94. The van der Waals surface area contributed by atoms with Crippen LogP contribution in [-0.2, 0) is 0 Å². The van der Waals surface area contributed by atoms with Crippen LogP contribution in [0.25, 0.3) is 0 Å². The molecule has 0 nitrogen and oxygen atoms in total. The van der Waals surface area contributed by atoms with Gasteiger partial charge in [-0.3, -0.25) is 0 Å². The van der Waals surface area contributed by atoms with E-state index in [1.165, 1.54) is 32.1 Å². The van der Waals surface area contributed by atoms with E-state index in [2.05, 4.69) is 34.1 Å². The third-order valence-electron chi connectivity index (χ3n) is 3.23. The topological polar surface area (TPSA) is 0 Å². The molecule has 0 N–H and O–H groups in total. The normalized spacial score (nSPS) is 25.4. The minimum absolute atomic E-state index is 0.405. The van der Waals surface area contributed by atoms with Crippen LogP contribution in [-0.4, -0.2) is 17.4 Å². The summed E-state index contributed by atoms with van der Waals surface area (Å²) in [7, 11) is 4.68. The molecule has 0 saturated heterocycles. The lowest BCUT2D eigenvalue weighted by molar-refractivity contribution is 0.677. The van der Waals surface area contributed by atoms with Crippen molar-refractivity contribution in [1.82, 2.24) is 0 Å². The molecule has 0 atom stereocenters. The van der Waals surface area contributed by atoms with Crippen molar-refractivity contribution >= 4 is 58.5 Å². The molecule has 0 radical (unpaired) electrons. The highest BCUT2D eigenvalue weighted by molar-refractivity contribution is 9.18. The summed E-state index contributed by atoms with van der Waals surface area (Å²) in [6.45, 7) is 0. The second-order valence-electron chi connectivity index (χ2n) is 4.23. The maximum absolute atomic E-state index is 2.24. The fourth-order valence-corrected chi connectivity index (χ4v) is 14.0. The summed E-state index contributed by atoms with van der Waals surface area (Å²) in [5, 5.41) is 0. The molecular weight excluding hydrogens is 304 g/mol. The molecule has 0 spiro atoms. The van der Waals surface area contributed by atoms with Crippen LogP contribution in [0, 0.1) is 0 Å². The van der Waals surface area contributed by atoms with E-state index in [1.54, 1.807) is 24.5 Å². The predicted molar refractivity (Wildman–Crippen MR) is 91.9 cm³/mol. The standard InChI is InChI=1S/C12H16S5/c1-13-11-8-6-4-3-5-7-9-10(8)17(15-11)16-12(9)14-2/h3-7H2,1-2H3. The van der Waals surface area contributed by atoms with Gasteiger partial charge < -0.3 is 0 Å². The highest BCUT2D eigenvalue weighted by Gasteiger charge is 2.34. The SMILES string of the molecule is CSC1=C2CCCCCC3=C(SC)SS(=C23)S1. The molecule has 3 aliphatic rings. The lowest BCUT2D eigenvalue weighted by Crippen LogP contribution is -2.07. The average molecular weight is 321 g/mol. The zero-order valence-electron chi connectivity index (χ0n) is 10.1. The molecular formula is C12H16S5. The van der Waals surface area contributed by atoms with E-state index in [-0.39, 0.29) is 0 Å². The van der Waals surface area contributed by atoms with Crippen molar-refractivity contribution in [2.75, 3.05) is 12.5 Å². The quantitative estimate of drug-likeness (QED) is 0.461. The summed E-state index contributed by atoms with van der Waals surface area (Å²) in [6, 6.07) is 0. The maximum atomic E-state index is 2.24. The molecule has 0 unspecified atom stereocenters. The number of allylic oxidation sites excluding steroid dienone is 2. The van der Waals surface area contributed by atoms with Gasteiger partial charge in [0.1, 0.15) is 0 Å². The lowest BCUT2D eigenvalue weighted by atomic mass is 9.94. The van der Waals surface area contributed by atoms with Crippen molar-refractivity contribution in [3.8, 4) is 0 Å². The second-order valence-corrected chi connectivity index (χ2v) is 12.0. The number of thioether (sulfide) groups is 2. The van der Waals surface area contributed by atoms with Crippen molar-refractivity contribution in [2.24, 2.45) is 0 Å². The van der Waals surface area contributed by atoms with Crippen LogP contribution in [0.4, 0.5) is 0 Å². The average Bonchev–Trinajstić information content (AvgIpc) is 2.79. The molecule has 5 heteroatoms. The fourth-order valence-electron chi connectivity index (χ4n) is 2.43. The molecule has 94 valence electrons. The molecule has 17 heavy (non-hydrogen) atoms. The lowest BCUT2D eigenvalue weighted by Gasteiger charge is -2.16. The summed E-state index contributed by atoms with van der Waals surface area (Å²) in [4.78, 5) is 1.76. The Labute approximate surface area is 122 Å². The highest BCUT2D eigenvalue weighted by Crippen LogP contribution is 2.67. The van der Waals surface area contributed by atoms with Crippen LogP contribution in [0.2, 0.25) is 0 Å². The molecule has 1 fully saturated rings. The van der Waals surface area contributed by atoms with E-state index in [0.717, 1.165) is 0 Å². The maximum Gasteiger partial charge on any atom is 0.0555 e. The predicted octanol–water partition coefficient (Wildman–Crippen LogP) is 5.86. The van der Waals surface area contributed by atoms with Gasteiger partial charge in [0.05, 0.1) is 8.47 Å². The first-order valence-corrected chi connectivity index (χ1v) is 12.2. The molecule has 0 aromatic heterocycles. The van der Waals surface area contributed by atoms with Gasteiger partial charge in [-0.2, -0.15) is 0 Å². The molecule has 0 amide bonds. The van der Waals surface area contributed by atoms with Crippen LogP contribution in [0.3, 0.4) is 0 Å². The molecule has 2 aliphatic heterocycles. The first-order valence-electron chi connectivity index (χ1n) is 5.88. The second kappa shape index (κ2) is 5.61. The van der Waals surface area contributed by atoms with Crippen LogP contribution in [0.15, 0.2) is 19.6 Å². The van der Waals surface area contributed by atoms with Crippen LogP contribution in [0.1, 0.15) is 32.1 Å². The Morgan fingerprint density at radius 1 is 0.882 bits per heavy atom. The molecule has 0 bridgehead atoms. The Morgan fingerprint density at radius 2 is 1.41 bits per heavy atom. The number of hydrogen-bond acceptors (Lipinski definition) is 4. The van der Waals surface area contributed by atoms with Crippen molar-refractivity contribution in [3.63, 3.8) is 0 Å².